The van der Waals surface area contributed by atoms with Crippen molar-refractivity contribution in [1.29, 1.82) is 0 Å². The Morgan fingerprint density at radius 3 is 2.53 bits per heavy atom. The van der Waals surface area contributed by atoms with Crippen LogP contribution >= 0.6 is 0 Å². The largest absolute Gasteiger partial charge is 0.416 e. The highest BCUT2D eigenvalue weighted by atomic mass is 32.2. The molecule has 0 unspecified atom stereocenters. The third-order valence-electron chi connectivity index (χ3n) is 2.44. The summed E-state index contributed by atoms with van der Waals surface area (Å²) in [6, 6.07) is 3.03. The predicted octanol–water partition coefficient (Wildman–Crippen LogP) is 2.32. The minimum atomic E-state index is -4.59. The third kappa shape index (κ3) is 3.72. The molecule has 0 heterocycles. The average Bonchev–Trinajstić information content (AvgIpc) is 2.27. The van der Waals surface area contributed by atoms with Crippen LogP contribution in [0.25, 0.3) is 0 Å². The standard InChI is InChI=1S/C12H12F3NO2S/c1-3-4-8-16-19(17,18)11-7-5-6-10(9(11)2)12(13,14)15/h1,5-7,16H,4,8H2,2H3. The van der Waals surface area contributed by atoms with E-state index in [1.807, 2.05) is 0 Å². The Bertz CT molecular complexity index is 600. The van der Waals surface area contributed by atoms with Crippen molar-refractivity contribution in [3.8, 4) is 12.3 Å². The van der Waals surface area contributed by atoms with E-state index in [0.29, 0.717) is 0 Å². The Kier molecular flexibility index (Phi) is 4.61. The minimum Gasteiger partial charge on any atom is -0.210 e. The maximum Gasteiger partial charge on any atom is 0.416 e. The summed E-state index contributed by atoms with van der Waals surface area (Å²) in [5.41, 5.74) is -1.30. The van der Waals surface area contributed by atoms with Gasteiger partial charge in [-0.25, -0.2) is 13.1 Å². The van der Waals surface area contributed by atoms with Gasteiger partial charge in [-0.1, -0.05) is 6.07 Å². The Labute approximate surface area is 109 Å². The molecule has 7 heteroatoms. The monoisotopic (exact) mass is 291 g/mol. The van der Waals surface area contributed by atoms with Crippen molar-refractivity contribution in [2.24, 2.45) is 0 Å². The van der Waals surface area contributed by atoms with Gasteiger partial charge in [0.1, 0.15) is 0 Å². The highest BCUT2D eigenvalue weighted by molar-refractivity contribution is 7.89. The van der Waals surface area contributed by atoms with Crippen LogP contribution in [0, 0.1) is 19.3 Å². The van der Waals surface area contributed by atoms with Gasteiger partial charge in [0.25, 0.3) is 0 Å². The molecule has 1 N–H and O–H groups in total. The topological polar surface area (TPSA) is 46.2 Å². The first-order valence-corrected chi connectivity index (χ1v) is 6.78. The molecule has 0 bridgehead atoms. The summed E-state index contributed by atoms with van der Waals surface area (Å²) in [7, 11) is -3.99. The number of halogens is 3. The van der Waals surface area contributed by atoms with Gasteiger partial charge in [0.15, 0.2) is 0 Å². The molecule has 104 valence electrons. The fraction of sp³-hybridized carbons (Fsp3) is 0.333. The molecule has 0 saturated carbocycles. The van der Waals surface area contributed by atoms with Crippen LogP contribution in [0.4, 0.5) is 13.2 Å². The number of alkyl halides is 3. The zero-order chi connectivity index (χ0) is 14.7. The van der Waals surface area contributed by atoms with Crippen LogP contribution in [-0.4, -0.2) is 15.0 Å². The zero-order valence-electron chi connectivity index (χ0n) is 10.1. The van der Waals surface area contributed by atoms with Crippen molar-refractivity contribution in [3.63, 3.8) is 0 Å². The number of terminal acetylenes is 1. The second kappa shape index (κ2) is 5.63. The van der Waals surface area contributed by atoms with Crippen LogP contribution in [0.3, 0.4) is 0 Å². The summed E-state index contributed by atoms with van der Waals surface area (Å²) in [4.78, 5) is -0.389. The molecule has 1 aromatic carbocycles. The molecule has 0 atom stereocenters. The highest BCUT2D eigenvalue weighted by Crippen LogP contribution is 2.33. The van der Waals surface area contributed by atoms with Crippen LogP contribution in [0.5, 0.6) is 0 Å². The molecule has 1 aromatic rings. The van der Waals surface area contributed by atoms with Crippen LogP contribution < -0.4 is 4.72 Å². The Balaban J connectivity index is 3.19. The van der Waals surface area contributed by atoms with E-state index in [9.17, 15) is 21.6 Å². The second-order valence-corrected chi connectivity index (χ2v) is 5.51. The van der Waals surface area contributed by atoms with Gasteiger partial charge in [0.05, 0.1) is 10.5 Å². The van der Waals surface area contributed by atoms with Crippen LogP contribution in [0.15, 0.2) is 23.1 Å². The lowest BCUT2D eigenvalue weighted by Gasteiger charge is -2.14. The van der Waals surface area contributed by atoms with Gasteiger partial charge in [0.2, 0.25) is 10.0 Å². The molecule has 3 nitrogen and oxygen atoms in total. The second-order valence-electron chi connectivity index (χ2n) is 3.78. The smallest absolute Gasteiger partial charge is 0.210 e. The molecule has 0 radical (unpaired) electrons. The van der Waals surface area contributed by atoms with E-state index in [1.54, 1.807) is 0 Å². The lowest BCUT2D eigenvalue weighted by Crippen LogP contribution is -2.26. The molecule has 0 aliphatic carbocycles. The number of rotatable bonds is 4. The lowest BCUT2D eigenvalue weighted by molar-refractivity contribution is -0.138. The number of nitrogens with one attached hydrogen (secondary N) is 1. The average molecular weight is 291 g/mol. The van der Waals surface area contributed by atoms with Crippen molar-refractivity contribution < 1.29 is 21.6 Å². The SMILES string of the molecule is C#CCCNS(=O)(=O)c1cccc(C(F)(F)F)c1C. The van der Waals surface area contributed by atoms with E-state index < -0.39 is 21.8 Å². The lowest BCUT2D eigenvalue weighted by atomic mass is 10.1. The maximum absolute atomic E-state index is 12.7. The quantitative estimate of drug-likeness (QED) is 0.683. The number of hydrogen-bond acceptors (Lipinski definition) is 2. The molecule has 0 fully saturated rings. The first-order valence-electron chi connectivity index (χ1n) is 5.30. The Morgan fingerprint density at radius 1 is 1.37 bits per heavy atom. The first kappa shape index (κ1) is 15.5. The molecule has 0 aliphatic heterocycles. The fourth-order valence-corrected chi connectivity index (χ4v) is 2.85. The number of benzene rings is 1. The molecule has 0 aromatic heterocycles. The van der Waals surface area contributed by atoms with Crippen molar-refractivity contribution in [3.05, 3.63) is 29.3 Å². The highest BCUT2D eigenvalue weighted by Gasteiger charge is 2.34. The van der Waals surface area contributed by atoms with E-state index in [4.69, 9.17) is 6.42 Å². The Morgan fingerprint density at radius 2 is 2.00 bits per heavy atom. The fourth-order valence-electron chi connectivity index (χ4n) is 1.55. The summed E-state index contributed by atoms with van der Waals surface area (Å²) >= 11 is 0. The number of hydrogen-bond donors (Lipinski definition) is 1. The molecule has 0 spiro atoms. The minimum absolute atomic E-state index is 0.0193. The van der Waals surface area contributed by atoms with Crippen LogP contribution in [0.2, 0.25) is 0 Å². The van der Waals surface area contributed by atoms with Gasteiger partial charge >= 0.3 is 6.18 Å². The van der Waals surface area contributed by atoms with E-state index in [2.05, 4.69) is 10.6 Å². The van der Waals surface area contributed by atoms with Gasteiger partial charge < -0.3 is 0 Å². The molecule has 0 amide bonds. The maximum atomic E-state index is 12.7. The van der Waals surface area contributed by atoms with Crippen molar-refractivity contribution in [2.45, 2.75) is 24.4 Å². The van der Waals surface area contributed by atoms with Gasteiger partial charge in [-0.15, -0.1) is 12.3 Å². The van der Waals surface area contributed by atoms with Crippen LogP contribution in [0.1, 0.15) is 17.5 Å². The van der Waals surface area contributed by atoms with Gasteiger partial charge in [-0.2, -0.15) is 13.2 Å². The summed E-state index contributed by atoms with van der Waals surface area (Å²) in [6.07, 6.45) is 0.549. The summed E-state index contributed by atoms with van der Waals surface area (Å²) in [5, 5.41) is 0. The van der Waals surface area contributed by atoms with Crippen molar-refractivity contribution >= 4 is 10.0 Å². The van der Waals surface area contributed by atoms with Crippen molar-refractivity contribution in [1.82, 2.24) is 4.72 Å². The third-order valence-corrected chi connectivity index (χ3v) is 4.05. The summed E-state index contributed by atoms with van der Waals surface area (Å²) in [6.45, 7) is 1.10. The van der Waals surface area contributed by atoms with Crippen LogP contribution in [-0.2, 0) is 16.2 Å². The number of sulfonamides is 1. The van der Waals surface area contributed by atoms with Gasteiger partial charge in [0, 0.05) is 13.0 Å². The molecule has 19 heavy (non-hydrogen) atoms. The van der Waals surface area contributed by atoms with Gasteiger partial charge in [-0.05, 0) is 24.6 Å². The molecule has 0 aliphatic rings. The van der Waals surface area contributed by atoms with E-state index in [1.165, 1.54) is 0 Å². The molecule has 1 rings (SSSR count). The molecular formula is C12H12F3NO2S. The summed E-state index contributed by atoms with van der Waals surface area (Å²) < 4.78 is 63.9. The zero-order valence-corrected chi connectivity index (χ0v) is 10.9. The van der Waals surface area contributed by atoms with E-state index in [-0.39, 0.29) is 23.4 Å². The van der Waals surface area contributed by atoms with E-state index >= 15 is 0 Å². The normalized spacial score (nSPS) is 12.2. The predicted molar refractivity (Wildman–Crippen MR) is 64.8 cm³/mol. The summed E-state index contributed by atoms with van der Waals surface area (Å²) in [5.74, 6) is 2.24. The molecular weight excluding hydrogens is 279 g/mol. The van der Waals surface area contributed by atoms with Gasteiger partial charge in [-0.3, -0.25) is 0 Å². The first-order chi connectivity index (χ1) is 8.70. The molecule has 0 saturated heterocycles. The van der Waals surface area contributed by atoms with E-state index in [0.717, 1.165) is 25.1 Å². The van der Waals surface area contributed by atoms with Crippen molar-refractivity contribution in [2.75, 3.05) is 6.54 Å². The Hall–Kier alpha value is -1.52.